The van der Waals surface area contributed by atoms with E-state index in [1.807, 2.05) is 12.1 Å². The van der Waals surface area contributed by atoms with E-state index in [1.54, 1.807) is 50.6 Å². The van der Waals surface area contributed by atoms with Crippen molar-refractivity contribution in [2.75, 3.05) is 32.6 Å². The lowest BCUT2D eigenvalue weighted by molar-refractivity contribution is -0.136. The smallest absolute Gasteiger partial charge is 0.266 e. The van der Waals surface area contributed by atoms with Gasteiger partial charge in [0.15, 0.2) is 6.10 Å². The molecule has 2 aromatic rings. The average molecular weight is 370 g/mol. The third-order valence-electron chi connectivity index (χ3n) is 4.25. The first kappa shape index (κ1) is 18.6. The number of ether oxygens (including phenoxy) is 3. The Labute approximate surface area is 157 Å². The minimum absolute atomic E-state index is 0.0286. The molecule has 0 saturated heterocycles. The Balaban J connectivity index is 1.47. The van der Waals surface area contributed by atoms with Crippen molar-refractivity contribution in [3.05, 3.63) is 48.5 Å². The van der Waals surface area contributed by atoms with Gasteiger partial charge in [0.25, 0.3) is 5.91 Å². The van der Waals surface area contributed by atoms with Crippen molar-refractivity contribution in [3.8, 4) is 17.2 Å². The van der Waals surface area contributed by atoms with Crippen molar-refractivity contribution in [1.82, 2.24) is 4.90 Å². The fraction of sp³-hybridized carbons (Fsp3) is 0.300. The van der Waals surface area contributed by atoms with E-state index in [1.165, 1.54) is 4.90 Å². The van der Waals surface area contributed by atoms with Crippen molar-refractivity contribution < 1.29 is 23.8 Å². The number of fused-ring (bicyclic) bond motifs is 1. The van der Waals surface area contributed by atoms with E-state index in [4.69, 9.17) is 14.2 Å². The van der Waals surface area contributed by atoms with E-state index in [-0.39, 0.29) is 18.2 Å². The number of hydrogen-bond donors (Lipinski definition) is 1. The zero-order chi connectivity index (χ0) is 19.2. The minimum Gasteiger partial charge on any atom is -0.497 e. The summed E-state index contributed by atoms with van der Waals surface area (Å²) in [5.41, 5.74) is 0.618. The van der Waals surface area contributed by atoms with Crippen LogP contribution in [0.1, 0.15) is 6.42 Å². The summed E-state index contributed by atoms with van der Waals surface area (Å²) in [6, 6.07) is 14.4. The molecule has 142 valence electrons. The minimum atomic E-state index is -0.836. The number of likely N-dealkylation sites (N-methyl/N-ethyl adjacent to an activating group) is 1. The average Bonchev–Trinajstić information content (AvgIpc) is 2.69. The molecule has 2 aromatic carbocycles. The molecule has 0 aromatic heterocycles. The third kappa shape index (κ3) is 4.69. The Morgan fingerprint density at radius 2 is 1.85 bits per heavy atom. The molecule has 0 fully saturated rings. The molecule has 0 aliphatic carbocycles. The molecule has 1 N–H and O–H groups in total. The number of anilines is 1. The first-order valence-corrected chi connectivity index (χ1v) is 8.64. The summed E-state index contributed by atoms with van der Waals surface area (Å²) < 4.78 is 16.4. The third-order valence-corrected chi connectivity index (χ3v) is 4.25. The number of rotatable bonds is 7. The lowest BCUT2D eigenvalue weighted by Crippen LogP contribution is -2.42. The fourth-order valence-corrected chi connectivity index (χ4v) is 2.64. The SMILES string of the molecule is COc1ccc(OCCN(C)C(=O)C[C@H]2Oc3ccccc3NC2=O)cc1. The Hall–Kier alpha value is -3.22. The molecule has 7 nitrogen and oxygen atoms in total. The predicted octanol–water partition coefficient (Wildman–Crippen LogP) is 2.32. The summed E-state index contributed by atoms with van der Waals surface area (Å²) in [7, 11) is 3.28. The van der Waals surface area contributed by atoms with E-state index in [2.05, 4.69) is 5.32 Å². The predicted molar refractivity (Wildman–Crippen MR) is 100 cm³/mol. The van der Waals surface area contributed by atoms with Crippen LogP contribution in [0.4, 0.5) is 5.69 Å². The maximum Gasteiger partial charge on any atom is 0.266 e. The number of nitrogens with one attached hydrogen (secondary N) is 1. The Kier molecular flexibility index (Phi) is 5.80. The second-order valence-corrected chi connectivity index (χ2v) is 6.14. The highest BCUT2D eigenvalue weighted by Gasteiger charge is 2.30. The number of para-hydroxylation sites is 2. The van der Waals surface area contributed by atoms with Crippen LogP contribution < -0.4 is 19.5 Å². The van der Waals surface area contributed by atoms with Crippen LogP contribution in [0.25, 0.3) is 0 Å². The van der Waals surface area contributed by atoms with Crippen LogP contribution in [-0.2, 0) is 9.59 Å². The Bertz CT molecular complexity index is 806. The van der Waals surface area contributed by atoms with Gasteiger partial charge in [-0.3, -0.25) is 9.59 Å². The molecule has 3 rings (SSSR count). The zero-order valence-corrected chi connectivity index (χ0v) is 15.3. The van der Waals surface area contributed by atoms with Crippen LogP contribution in [0.2, 0.25) is 0 Å². The van der Waals surface area contributed by atoms with Gasteiger partial charge in [-0.25, -0.2) is 0 Å². The summed E-state index contributed by atoms with van der Waals surface area (Å²) in [6.07, 6.45) is -0.864. The van der Waals surface area contributed by atoms with E-state index in [0.29, 0.717) is 30.3 Å². The van der Waals surface area contributed by atoms with Crippen LogP contribution in [0, 0.1) is 0 Å². The Morgan fingerprint density at radius 1 is 1.15 bits per heavy atom. The number of hydrogen-bond acceptors (Lipinski definition) is 5. The number of methoxy groups -OCH3 is 1. The molecule has 0 bridgehead atoms. The van der Waals surface area contributed by atoms with Gasteiger partial charge >= 0.3 is 0 Å². The quantitative estimate of drug-likeness (QED) is 0.809. The molecular weight excluding hydrogens is 348 g/mol. The largest absolute Gasteiger partial charge is 0.497 e. The highest BCUT2D eigenvalue weighted by atomic mass is 16.5. The van der Waals surface area contributed by atoms with Gasteiger partial charge in [-0.05, 0) is 36.4 Å². The monoisotopic (exact) mass is 370 g/mol. The second-order valence-electron chi connectivity index (χ2n) is 6.14. The van der Waals surface area contributed by atoms with Gasteiger partial charge in [-0.2, -0.15) is 0 Å². The van der Waals surface area contributed by atoms with Crippen molar-refractivity contribution >= 4 is 17.5 Å². The fourth-order valence-electron chi connectivity index (χ4n) is 2.64. The molecule has 0 spiro atoms. The molecule has 1 aliphatic heterocycles. The number of nitrogens with zero attached hydrogens (tertiary/aromatic N) is 1. The lowest BCUT2D eigenvalue weighted by Gasteiger charge is -2.27. The van der Waals surface area contributed by atoms with Gasteiger partial charge in [-0.15, -0.1) is 0 Å². The second kappa shape index (κ2) is 8.44. The van der Waals surface area contributed by atoms with Gasteiger partial charge < -0.3 is 24.4 Å². The lowest BCUT2D eigenvalue weighted by atomic mass is 10.1. The van der Waals surface area contributed by atoms with Gasteiger partial charge in [0.2, 0.25) is 5.91 Å². The summed E-state index contributed by atoms with van der Waals surface area (Å²) in [5.74, 6) is 1.52. The highest BCUT2D eigenvalue weighted by molar-refractivity contribution is 5.99. The van der Waals surface area contributed by atoms with E-state index < -0.39 is 6.10 Å². The summed E-state index contributed by atoms with van der Waals surface area (Å²) >= 11 is 0. The van der Waals surface area contributed by atoms with Crippen LogP contribution in [-0.4, -0.2) is 50.1 Å². The molecular formula is C20H22N2O5. The van der Waals surface area contributed by atoms with Crippen LogP contribution in [0.3, 0.4) is 0 Å². The Morgan fingerprint density at radius 3 is 2.59 bits per heavy atom. The molecule has 1 heterocycles. The topological polar surface area (TPSA) is 77.1 Å². The zero-order valence-electron chi connectivity index (χ0n) is 15.3. The van der Waals surface area contributed by atoms with Crippen LogP contribution >= 0.6 is 0 Å². The van der Waals surface area contributed by atoms with Crippen molar-refractivity contribution in [3.63, 3.8) is 0 Å². The molecule has 0 saturated carbocycles. The molecule has 1 atom stereocenters. The molecule has 0 radical (unpaired) electrons. The maximum absolute atomic E-state index is 12.4. The summed E-state index contributed by atoms with van der Waals surface area (Å²) in [6.45, 7) is 0.741. The maximum atomic E-state index is 12.4. The van der Waals surface area contributed by atoms with Gasteiger partial charge in [-0.1, -0.05) is 12.1 Å². The van der Waals surface area contributed by atoms with Crippen LogP contribution in [0.5, 0.6) is 17.2 Å². The molecule has 27 heavy (non-hydrogen) atoms. The van der Waals surface area contributed by atoms with E-state index in [9.17, 15) is 9.59 Å². The number of carbonyl (C=O) groups is 2. The molecule has 2 amide bonds. The normalized spacial score (nSPS) is 15.2. The van der Waals surface area contributed by atoms with Crippen LogP contribution in [0.15, 0.2) is 48.5 Å². The van der Waals surface area contributed by atoms with Crippen molar-refractivity contribution in [1.29, 1.82) is 0 Å². The molecule has 0 unspecified atom stereocenters. The van der Waals surface area contributed by atoms with Crippen molar-refractivity contribution in [2.45, 2.75) is 12.5 Å². The van der Waals surface area contributed by atoms with Gasteiger partial charge in [0.1, 0.15) is 23.9 Å². The first-order chi connectivity index (χ1) is 13.1. The summed E-state index contributed by atoms with van der Waals surface area (Å²) in [4.78, 5) is 26.0. The van der Waals surface area contributed by atoms with E-state index >= 15 is 0 Å². The summed E-state index contributed by atoms with van der Waals surface area (Å²) in [5, 5.41) is 2.76. The van der Waals surface area contributed by atoms with Gasteiger partial charge in [0, 0.05) is 7.05 Å². The van der Waals surface area contributed by atoms with Crippen molar-refractivity contribution in [2.24, 2.45) is 0 Å². The van der Waals surface area contributed by atoms with E-state index in [0.717, 1.165) is 5.75 Å². The number of amides is 2. The first-order valence-electron chi connectivity index (χ1n) is 8.64. The molecule has 1 aliphatic rings. The highest BCUT2D eigenvalue weighted by Crippen LogP contribution is 2.29. The van der Waals surface area contributed by atoms with Gasteiger partial charge in [0.05, 0.1) is 25.8 Å². The number of benzene rings is 2. The molecule has 7 heteroatoms. The standard InChI is InChI=1S/C20H22N2O5/c1-22(11-12-26-15-9-7-14(25-2)8-10-15)19(23)13-18-20(24)21-16-5-3-4-6-17(16)27-18/h3-10,18H,11-13H2,1-2H3,(H,21,24)/t18-/m1/s1. The number of carbonyl (C=O) groups excluding carboxylic acids is 2.